The van der Waals surface area contributed by atoms with Gasteiger partial charge in [0.1, 0.15) is 0 Å². The second-order valence-electron chi connectivity index (χ2n) is 5.68. The molecule has 0 spiro atoms. The Labute approximate surface area is 146 Å². The van der Waals surface area contributed by atoms with E-state index in [0.29, 0.717) is 6.67 Å². The molecule has 0 aliphatic carbocycles. The van der Waals surface area contributed by atoms with Gasteiger partial charge in [0.15, 0.2) is 11.5 Å². The Hall–Kier alpha value is -2.52. The lowest BCUT2D eigenvalue weighted by Crippen LogP contribution is -2.48. The molecule has 0 atom stereocenters. The van der Waals surface area contributed by atoms with Crippen LogP contribution >= 0.6 is 0 Å². The number of ether oxygens (including phenoxy) is 3. The van der Waals surface area contributed by atoms with Gasteiger partial charge < -0.3 is 30.2 Å². The summed E-state index contributed by atoms with van der Waals surface area (Å²) in [5.74, 6) is -0.0298. The molecular weight excluding hydrogens is 328 g/mol. The average Bonchev–Trinajstić information content (AvgIpc) is 2.60. The van der Waals surface area contributed by atoms with Crippen LogP contribution in [-0.2, 0) is 0 Å². The van der Waals surface area contributed by atoms with Gasteiger partial charge in [-0.3, -0.25) is 9.69 Å². The van der Waals surface area contributed by atoms with E-state index in [2.05, 4.69) is 22.2 Å². The number of benzene rings is 1. The maximum atomic E-state index is 12.5. The minimum atomic E-state index is -1.02. The van der Waals surface area contributed by atoms with Gasteiger partial charge in [-0.1, -0.05) is 0 Å². The summed E-state index contributed by atoms with van der Waals surface area (Å²) in [6, 6.07) is 3.07. The molecule has 1 aromatic carbocycles. The van der Waals surface area contributed by atoms with E-state index in [1.165, 1.54) is 20.3 Å². The Morgan fingerprint density at radius 2 is 1.80 bits per heavy atom. The Morgan fingerprint density at radius 1 is 1.12 bits per heavy atom. The fourth-order valence-electron chi connectivity index (χ4n) is 2.57. The molecule has 0 unspecified atom stereocenters. The highest BCUT2D eigenvalue weighted by Crippen LogP contribution is 2.40. The number of hydrogen-bond acceptors (Lipinski definition) is 7. The van der Waals surface area contributed by atoms with Crippen LogP contribution < -0.4 is 25.3 Å². The van der Waals surface area contributed by atoms with E-state index in [1.807, 2.05) is 0 Å². The number of nitrogens with one attached hydrogen (secondary N) is 1. The summed E-state index contributed by atoms with van der Waals surface area (Å²) < 4.78 is 15.3. The topological polar surface area (TPSA) is 106 Å². The Kier molecular flexibility index (Phi) is 6.43. The second-order valence-corrected chi connectivity index (χ2v) is 5.68. The van der Waals surface area contributed by atoms with Crippen molar-refractivity contribution in [3.8, 4) is 17.2 Å². The van der Waals surface area contributed by atoms with E-state index in [0.717, 1.165) is 26.2 Å². The number of amides is 2. The van der Waals surface area contributed by atoms with Crippen molar-refractivity contribution in [1.82, 2.24) is 15.1 Å². The van der Waals surface area contributed by atoms with E-state index < -0.39 is 6.09 Å². The lowest BCUT2D eigenvalue weighted by atomic mass is 10.1. The summed E-state index contributed by atoms with van der Waals surface area (Å²) in [5.41, 5.74) is 5.31. The zero-order valence-corrected chi connectivity index (χ0v) is 14.7. The highest BCUT2D eigenvalue weighted by molar-refractivity contribution is 5.98. The van der Waals surface area contributed by atoms with E-state index in [1.54, 1.807) is 6.07 Å². The van der Waals surface area contributed by atoms with Crippen LogP contribution in [0.1, 0.15) is 10.4 Å². The zero-order valence-electron chi connectivity index (χ0n) is 14.7. The molecule has 1 fully saturated rings. The SMILES string of the molecule is COc1ccc(C(=O)NCN2CCN(C)CC2)c(OC)c1OC(N)=O. The number of hydrogen-bond donors (Lipinski definition) is 2. The third kappa shape index (κ3) is 4.74. The molecule has 1 saturated heterocycles. The molecule has 2 amide bonds. The monoisotopic (exact) mass is 352 g/mol. The molecule has 0 bridgehead atoms. The van der Waals surface area contributed by atoms with Crippen LogP contribution in [0.2, 0.25) is 0 Å². The van der Waals surface area contributed by atoms with E-state index in [-0.39, 0.29) is 28.7 Å². The number of piperazine rings is 1. The first-order valence-corrected chi connectivity index (χ1v) is 7.87. The number of likely N-dealkylation sites (N-methyl/N-ethyl adjacent to an activating group) is 1. The third-order valence-corrected chi connectivity index (χ3v) is 4.01. The van der Waals surface area contributed by atoms with Gasteiger partial charge >= 0.3 is 6.09 Å². The molecule has 0 radical (unpaired) electrons. The van der Waals surface area contributed by atoms with Crippen molar-refractivity contribution in [2.24, 2.45) is 5.73 Å². The molecule has 1 aliphatic heterocycles. The molecule has 1 heterocycles. The van der Waals surface area contributed by atoms with Gasteiger partial charge in [-0.2, -0.15) is 0 Å². The van der Waals surface area contributed by atoms with E-state index in [9.17, 15) is 9.59 Å². The standard InChI is InChI=1S/C16H24N4O5/c1-19-6-8-20(9-7-19)10-18-15(21)11-4-5-12(23-2)14(13(11)24-3)25-16(17)22/h4-5H,6-10H2,1-3H3,(H2,17,22)(H,18,21). The number of rotatable bonds is 6. The number of nitrogens with two attached hydrogens (primary N) is 1. The van der Waals surface area contributed by atoms with Crippen LogP contribution in [0.15, 0.2) is 12.1 Å². The summed E-state index contributed by atoms with van der Waals surface area (Å²) in [6.07, 6.45) is -1.02. The van der Waals surface area contributed by atoms with Crippen LogP contribution in [0.5, 0.6) is 17.2 Å². The van der Waals surface area contributed by atoms with Crippen molar-refractivity contribution in [3.05, 3.63) is 17.7 Å². The Morgan fingerprint density at radius 3 is 2.36 bits per heavy atom. The van der Waals surface area contributed by atoms with Gasteiger partial charge in [-0.25, -0.2) is 4.79 Å². The molecule has 9 heteroatoms. The molecule has 25 heavy (non-hydrogen) atoms. The minimum Gasteiger partial charge on any atom is -0.493 e. The van der Waals surface area contributed by atoms with Gasteiger partial charge in [0.05, 0.1) is 26.5 Å². The maximum absolute atomic E-state index is 12.5. The van der Waals surface area contributed by atoms with Crippen LogP contribution in [0, 0.1) is 0 Å². The number of primary amides is 1. The third-order valence-electron chi connectivity index (χ3n) is 4.01. The van der Waals surface area contributed by atoms with Gasteiger partial charge in [-0.15, -0.1) is 0 Å². The molecular formula is C16H24N4O5. The average molecular weight is 352 g/mol. The minimum absolute atomic E-state index is 0.0234. The summed E-state index contributed by atoms with van der Waals surface area (Å²) in [7, 11) is 4.86. The fourth-order valence-corrected chi connectivity index (χ4v) is 2.57. The zero-order chi connectivity index (χ0) is 18.4. The van der Waals surface area contributed by atoms with Gasteiger partial charge in [0.2, 0.25) is 5.75 Å². The first-order chi connectivity index (χ1) is 12.0. The molecule has 1 aliphatic rings. The molecule has 9 nitrogen and oxygen atoms in total. The van der Waals surface area contributed by atoms with E-state index >= 15 is 0 Å². The molecule has 3 N–H and O–H groups in total. The van der Waals surface area contributed by atoms with Gasteiger partial charge in [-0.05, 0) is 19.2 Å². The number of methoxy groups -OCH3 is 2. The van der Waals surface area contributed by atoms with Crippen LogP contribution in [-0.4, -0.2) is 75.9 Å². The number of nitrogens with zero attached hydrogens (tertiary/aromatic N) is 2. The maximum Gasteiger partial charge on any atom is 0.410 e. The predicted molar refractivity (Wildman–Crippen MR) is 91.2 cm³/mol. The largest absolute Gasteiger partial charge is 0.493 e. The highest BCUT2D eigenvalue weighted by Gasteiger charge is 2.23. The summed E-state index contributed by atoms with van der Waals surface area (Å²) >= 11 is 0. The van der Waals surface area contributed by atoms with Crippen molar-refractivity contribution in [2.75, 3.05) is 54.1 Å². The van der Waals surface area contributed by atoms with Crippen molar-refractivity contribution in [2.45, 2.75) is 0 Å². The van der Waals surface area contributed by atoms with Crippen LogP contribution in [0.4, 0.5) is 4.79 Å². The van der Waals surface area contributed by atoms with E-state index in [4.69, 9.17) is 19.9 Å². The van der Waals surface area contributed by atoms with Crippen molar-refractivity contribution >= 4 is 12.0 Å². The van der Waals surface area contributed by atoms with Crippen molar-refractivity contribution < 1.29 is 23.8 Å². The molecule has 138 valence electrons. The molecule has 0 saturated carbocycles. The summed E-state index contributed by atoms with van der Waals surface area (Å²) in [5, 5.41) is 2.85. The lowest BCUT2D eigenvalue weighted by molar-refractivity contribution is 0.0886. The molecule has 1 aromatic rings. The van der Waals surface area contributed by atoms with Crippen LogP contribution in [0.3, 0.4) is 0 Å². The quantitative estimate of drug-likeness (QED) is 0.747. The molecule has 2 rings (SSSR count). The fraction of sp³-hybridized carbons (Fsp3) is 0.500. The normalized spacial score (nSPS) is 15.5. The summed E-state index contributed by atoms with van der Waals surface area (Å²) in [6.45, 7) is 4.10. The molecule has 0 aromatic heterocycles. The first-order valence-electron chi connectivity index (χ1n) is 7.87. The Balaban J connectivity index is 2.14. The smallest absolute Gasteiger partial charge is 0.410 e. The predicted octanol–water partition coefficient (Wildman–Crippen LogP) is 0.0960. The first kappa shape index (κ1) is 18.8. The van der Waals surface area contributed by atoms with Gasteiger partial charge in [0.25, 0.3) is 5.91 Å². The highest BCUT2D eigenvalue weighted by atomic mass is 16.6. The number of carbonyl (C=O) groups excluding carboxylic acids is 2. The summed E-state index contributed by atoms with van der Waals surface area (Å²) in [4.78, 5) is 28.0. The lowest BCUT2D eigenvalue weighted by Gasteiger charge is -2.32. The van der Waals surface area contributed by atoms with Gasteiger partial charge in [0, 0.05) is 26.2 Å². The van der Waals surface area contributed by atoms with Crippen molar-refractivity contribution in [1.29, 1.82) is 0 Å². The number of carbonyl (C=O) groups is 2. The second kappa shape index (κ2) is 8.54. The Bertz CT molecular complexity index is 629. The van der Waals surface area contributed by atoms with Crippen molar-refractivity contribution in [3.63, 3.8) is 0 Å². The van der Waals surface area contributed by atoms with Crippen LogP contribution in [0.25, 0.3) is 0 Å².